The van der Waals surface area contributed by atoms with Gasteiger partial charge in [0.2, 0.25) is 5.91 Å². The van der Waals surface area contributed by atoms with Gasteiger partial charge in [-0.3, -0.25) is 4.79 Å². The third-order valence-electron chi connectivity index (χ3n) is 3.37. The number of carbonyl (C=O) groups excluding carboxylic acids is 1. The maximum atomic E-state index is 11.8. The normalized spacial score (nSPS) is 24.2. The summed E-state index contributed by atoms with van der Waals surface area (Å²) >= 11 is 0. The number of hydrogen-bond acceptors (Lipinski definition) is 2. The predicted molar refractivity (Wildman–Crippen MR) is 76.2 cm³/mol. The highest BCUT2D eigenvalue weighted by atomic mass is 16.1. The zero-order valence-corrected chi connectivity index (χ0v) is 12.5. The molecule has 0 aromatic carbocycles. The van der Waals surface area contributed by atoms with Gasteiger partial charge < -0.3 is 10.2 Å². The van der Waals surface area contributed by atoms with E-state index in [0.717, 1.165) is 18.2 Å². The Morgan fingerprint density at radius 1 is 1.39 bits per heavy atom. The van der Waals surface area contributed by atoms with Crippen molar-refractivity contribution in [2.75, 3.05) is 13.1 Å². The highest BCUT2D eigenvalue weighted by Crippen LogP contribution is 2.25. The van der Waals surface area contributed by atoms with Crippen molar-refractivity contribution in [3.63, 3.8) is 0 Å². The SMILES string of the molecule is C=C(CNC(=O)CC(C)(C)C)N1C[C@@H](C)C[C@H]1C. The van der Waals surface area contributed by atoms with E-state index in [0.29, 0.717) is 19.0 Å². The third kappa shape index (κ3) is 4.71. The summed E-state index contributed by atoms with van der Waals surface area (Å²) < 4.78 is 0. The molecule has 0 saturated carbocycles. The van der Waals surface area contributed by atoms with Gasteiger partial charge in [-0.1, -0.05) is 34.3 Å². The molecule has 0 aromatic heterocycles. The molecule has 0 bridgehead atoms. The van der Waals surface area contributed by atoms with E-state index in [1.54, 1.807) is 0 Å². The summed E-state index contributed by atoms with van der Waals surface area (Å²) in [6.07, 6.45) is 1.78. The molecular formula is C15H28N2O. The fourth-order valence-electron chi connectivity index (χ4n) is 2.59. The molecule has 1 fully saturated rings. The first-order valence-electron chi connectivity index (χ1n) is 6.90. The quantitative estimate of drug-likeness (QED) is 0.834. The molecule has 1 aliphatic heterocycles. The number of hydrogen-bond donors (Lipinski definition) is 1. The zero-order valence-electron chi connectivity index (χ0n) is 12.5. The molecule has 0 spiro atoms. The lowest BCUT2D eigenvalue weighted by Crippen LogP contribution is -2.35. The third-order valence-corrected chi connectivity index (χ3v) is 3.37. The monoisotopic (exact) mass is 252 g/mol. The van der Waals surface area contributed by atoms with Crippen molar-refractivity contribution in [1.29, 1.82) is 0 Å². The van der Waals surface area contributed by atoms with Crippen LogP contribution in [0.5, 0.6) is 0 Å². The molecule has 1 rings (SSSR count). The Kier molecular flexibility index (Phi) is 4.83. The Morgan fingerprint density at radius 2 is 2.00 bits per heavy atom. The van der Waals surface area contributed by atoms with Gasteiger partial charge in [-0.15, -0.1) is 0 Å². The van der Waals surface area contributed by atoms with Gasteiger partial charge in [0.05, 0.1) is 6.54 Å². The summed E-state index contributed by atoms with van der Waals surface area (Å²) in [5.41, 5.74) is 1.08. The van der Waals surface area contributed by atoms with Crippen molar-refractivity contribution in [1.82, 2.24) is 10.2 Å². The van der Waals surface area contributed by atoms with E-state index in [9.17, 15) is 4.79 Å². The van der Waals surface area contributed by atoms with E-state index < -0.39 is 0 Å². The second-order valence-corrected chi connectivity index (χ2v) is 6.92. The fourth-order valence-corrected chi connectivity index (χ4v) is 2.59. The second-order valence-electron chi connectivity index (χ2n) is 6.92. The van der Waals surface area contributed by atoms with Crippen LogP contribution in [0.4, 0.5) is 0 Å². The van der Waals surface area contributed by atoms with Gasteiger partial charge in [0.25, 0.3) is 0 Å². The topological polar surface area (TPSA) is 32.3 Å². The van der Waals surface area contributed by atoms with Crippen LogP contribution in [-0.2, 0) is 4.79 Å². The maximum absolute atomic E-state index is 11.8. The van der Waals surface area contributed by atoms with Crippen molar-refractivity contribution >= 4 is 5.91 Å². The molecule has 1 N–H and O–H groups in total. The molecule has 3 nitrogen and oxygen atoms in total. The maximum Gasteiger partial charge on any atom is 0.220 e. The molecule has 0 radical (unpaired) electrons. The van der Waals surface area contributed by atoms with E-state index in [1.165, 1.54) is 6.42 Å². The van der Waals surface area contributed by atoms with Crippen LogP contribution in [0.3, 0.4) is 0 Å². The minimum Gasteiger partial charge on any atom is -0.371 e. The molecule has 1 heterocycles. The van der Waals surface area contributed by atoms with Crippen molar-refractivity contribution in [3.8, 4) is 0 Å². The number of amides is 1. The summed E-state index contributed by atoms with van der Waals surface area (Å²) in [5, 5.41) is 2.97. The Bertz CT molecular complexity index is 317. The van der Waals surface area contributed by atoms with Crippen LogP contribution in [0.25, 0.3) is 0 Å². The molecule has 3 heteroatoms. The summed E-state index contributed by atoms with van der Waals surface area (Å²) in [4.78, 5) is 14.1. The standard InChI is InChI=1S/C15H28N2O/c1-11-7-12(2)17(10-11)13(3)9-16-14(18)8-15(4,5)6/h11-12H,3,7-10H2,1-2,4-6H3,(H,16,18)/t11-,12+/m0/s1. The van der Waals surface area contributed by atoms with Gasteiger partial charge in [-0.05, 0) is 24.7 Å². The van der Waals surface area contributed by atoms with Crippen LogP contribution in [0.15, 0.2) is 12.3 Å². The smallest absolute Gasteiger partial charge is 0.220 e. The van der Waals surface area contributed by atoms with Crippen LogP contribution in [0.1, 0.15) is 47.5 Å². The van der Waals surface area contributed by atoms with Gasteiger partial charge in [0.1, 0.15) is 0 Å². The first-order valence-corrected chi connectivity index (χ1v) is 6.90. The Morgan fingerprint density at radius 3 is 2.44 bits per heavy atom. The van der Waals surface area contributed by atoms with Crippen LogP contribution < -0.4 is 5.32 Å². The molecule has 0 unspecified atom stereocenters. The highest BCUT2D eigenvalue weighted by molar-refractivity contribution is 5.76. The zero-order chi connectivity index (χ0) is 13.9. The first kappa shape index (κ1) is 15.1. The number of carbonyl (C=O) groups is 1. The molecular weight excluding hydrogens is 224 g/mol. The fraction of sp³-hybridized carbons (Fsp3) is 0.800. The first-order chi connectivity index (χ1) is 8.19. The van der Waals surface area contributed by atoms with Crippen molar-refractivity contribution in [2.45, 2.75) is 53.5 Å². The van der Waals surface area contributed by atoms with E-state index in [-0.39, 0.29) is 11.3 Å². The lowest BCUT2D eigenvalue weighted by molar-refractivity contribution is -0.122. The molecule has 1 aliphatic rings. The van der Waals surface area contributed by atoms with Crippen LogP contribution in [-0.4, -0.2) is 29.9 Å². The molecule has 0 aromatic rings. The molecule has 1 amide bonds. The van der Waals surface area contributed by atoms with Crippen molar-refractivity contribution in [3.05, 3.63) is 12.3 Å². The summed E-state index contributed by atoms with van der Waals surface area (Å²) in [6, 6.07) is 0.548. The molecule has 1 saturated heterocycles. The minimum absolute atomic E-state index is 0.0425. The predicted octanol–water partition coefficient (Wildman–Crippen LogP) is 2.78. The summed E-state index contributed by atoms with van der Waals surface area (Å²) in [5.74, 6) is 0.838. The van der Waals surface area contributed by atoms with Gasteiger partial charge in [-0.2, -0.15) is 0 Å². The number of nitrogens with zero attached hydrogens (tertiary/aromatic N) is 1. The lowest BCUT2D eigenvalue weighted by atomic mass is 9.92. The number of likely N-dealkylation sites (tertiary alicyclic amines) is 1. The number of nitrogens with one attached hydrogen (secondary N) is 1. The molecule has 0 aliphatic carbocycles. The average molecular weight is 252 g/mol. The largest absolute Gasteiger partial charge is 0.371 e. The molecule has 2 atom stereocenters. The van der Waals surface area contributed by atoms with Gasteiger partial charge in [-0.25, -0.2) is 0 Å². The van der Waals surface area contributed by atoms with Gasteiger partial charge in [0, 0.05) is 24.7 Å². The Balaban J connectivity index is 2.35. The van der Waals surface area contributed by atoms with Gasteiger partial charge >= 0.3 is 0 Å². The van der Waals surface area contributed by atoms with E-state index >= 15 is 0 Å². The Hall–Kier alpha value is -0.990. The van der Waals surface area contributed by atoms with E-state index in [4.69, 9.17) is 0 Å². The van der Waals surface area contributed by atoms with E-state index in [2.05, 4.69) is 51.4 Å². The second kappa shape index (κ2) is 5.77. The van der Waals surface area contributed by atoms with Crippen molar-refractivity contribution < 1.29 is 4.79 Å². The lowest BCUT2D eigenvalue weighted by Gasteiger charge is -2.26. The Labute approximate surface area is 112 Å². The number of rotatable bonds is 4. The minimum atomic E-state index is 0.0425. The van der Waals surface area contributed by atoms with Crippen LogP contribution >= 0.6 is 0 Å². The van der Waals surface area contributed by atoms with Crippen LogP contribution in [0, 0.1) is 11.3 Å². The average Bonchev–Trinajstić information content (AvgIpc) is 2.52. The molecule has 18 heavy (non-hydrogen) atoms. The van der Waals surface area contributed by atoms with Crippen molar-refractivity contribution in [2.24, 2.45) is 11.3 Å². The highest BCUT2D eigenvalue weighted by Gasteiger charge is 2.26. The van der Waals surface area contributed by atoms with Crippen LogP contribution in [0.2, 0.25) is 0 Å². The van der Waals surface area contributed by atoms with Gasteiger partial charge in [0.15, 0.2) is 0 Å². The summed E-state index contributed by atoms with van der Waals surface area (Å²) in [7, 11) is 0. The summed E-state index contributed by atoms with van der Waals surface area (Å²) in [6.45, 7) is 16.5. The van der Waals surface area contributed by atoms with E-state index in [1.807, 2.05) is 0 Å². The molecule has 104 valence electrons.